The highest BCUT2D eigenvalue weighted by atomic mass is 32.2. The number of hydrogen-bond donors (Lipinski definition) is 2. The Labute approximate surface area is 110 Å². The van der Waals surface area contributed by atoms with E-state index in [9.17, 15) is 8.42 Å². The van der Waals surface area contributed by atoms with Crippen molar-refractivity contribution in [3.05, 3.63) is 54.7 Å². The van der Waals surface area contributed by atoms with Gasteiger partial charge < -0.3 is 0 Å². The molecule has 0 bridgehead atoms. The van der Waals surface area contributed by atoms with Crippen molar-refractivity contribution in [3.8, 4) is 0 Å². The molecule has 19 heavy (non-hydrogen) atoms. The number of nitrogens with one attached hydrogen (secondary N) is 2. The zero-order valence-corrected chi connectivity index (χ0v) is 10.7. The van der Waals surface area contributed by atoms with Crippen LogP contribution in [-0.4, -0.2) is 18.6 Å². The molecule has 1 heterocycles. The van der Waals surface area contributed by atoms with Crippen molar-refractivity contribution in [1.29, 1.82) is 0 Å². The summed E-state index contributed by atoms with van der Waals surface area (Å²) in [4.78, 5) is 0. The lowest BCUT2D eigenvalue weighted by molar-refractivity contribution is 0.597. The number of nitrogens with zero attached hydrogens (tertiary/aromatic N) is 1. The van der Waals surface area contributed by atoms with Crippen molar-refractivity contribution < 1.29 is 8.42 Å². The third-order valence-electron chi connectivity index (χ3n) is 2.77. The van der Waals surface area contributed by atoms with Crippen molar-refractivity contribution in [2.24, 2.45) is 0 Å². The van der Waals surface area contributed by atoms with E-state index in [2.05, 4.69) is 14.9 Å². The molecule has 3 aromatic rings. The van der Waals surface area contributed by atoms with E-state index in [4.69, 9.17) is 0 Å². The van der Waals surface area contributed by atoms with E-state index in [1.54, 1.807) is 12.1 Å². The standard InChI is InChI=1S/C13H11N3O2S/c17-19(18,13-7-8-14-15-13)16-12-6-5-10-3-1-2-4-11(10)9-12/h1-9,16H,(H,14,15). The maximum atomic E-state index is 12.0. The average molecular weight is 273 g/mol. The molecule has 0 fully saturated rings. The van der Waals surface area contributed by atoms with Gasteiger partial charge in [-0.25, -0.2) is 0 Å². The molecular formula is C13H11N3O2S. The molecule has 1 aromatic heterocycles. The highest BCUT2D eigenvalue weighted by molar-refractivity contribution is 7.92. The van der Waals surface area contributed by atoms with Gasteiger partial charge >= 0.3 is 0 Å². The van der Waals surface area contributed by atoms with Gasteiger partial charge in [0.2, 0.25) is 0 Å². The maximum Gasteiger partial charge on any atom is 0.278 e. The molecule has 0 aliphatic carbocycles. The summed E-state index contributed by atoms with van der Waals surface area (Å²) in [7, 11) is -3.61. The molecule has 0 atom stereocenters. The third kappa shape index (κ3) is 2.30. The Hall–Kier alpha value is -2.34. The van der Waals surface area contributed by atoms with Crippen LogP contribution in [0.4, 0.5) is 5.69 Å². The van der Waals surface area contributed by atoms with E-state index in [-0.39, 0.29) is 5.03 Å². The predicted octanol–water partition coefficient (Wildman–Crippen LogP) is 2.36. The second kappa shape index (κ2) is 4.40. The van der Waals surface area contributed by atoms with Gasteiger partial charge in [0.15, 0.2) is 5.03 Å². The highest BCUT2D eigenvalue weighted by Gasteiger charge is 2.15. The van der Waals surface area contributed by atoms with Gasteiger partial charge in [-0.1, -0.05) is 30.3 Å². The number of H-pyrrole nitrogens is 1. The molecule has 6 heteroatoms. The fraction of sp³-hybridized carbons (Fsp3) is 0. The van der Waals surface area contributed by atoms with Gasteiger partial charge in [0, 0.05) is 5.69 Å². The van der Waals surface area contributed by atoms with Crippen LogP contribution in [0, 0.1) is 0 Å². The first-order valence-electron chi connectivity index (χ1n) is 5.66. The summed E-state index contributed by atoms with van der Waals surface area (Å²) in [6.07, 6.45) is 1.40. The fourth-order valence-electron chi connectivity index (χ4n) is 1.86. The second-order valence-electron chi connectivity index (χ2n) is 4.09. The van der Waals surface area contributed by atoms with Crippen LogP contribution in [0.2, 0.25) is 0 Å². The molecule has 0 spiro atoms. The Bertz CT molecular complexity index is 811. The lowest BCUT2D eigenvalue weighted by atomic mass is 10.1. The van der Waals surface area contributed by atoms with E-state index in [1.165, 1.54) is 12.3 Å². The molecule has 96 valence electrons. The summed E-state index contributed by atoms with van der Waals surface area (Å²) in [6.45, 7) is 0. The van der Waals surface area contributed by atoms with E-state index >= 15 is 0 Å². The lowest BCUT2D eigenvalue weighted by Crippen LogP contribution is -2.13. The smallest absolute Gasteiger partial charge is 0.278 e. The quantitative estimate of drug-likeness (QED) is 0.769. The van der Waals surface area contributed by atoms with E-state index < -0.39 is 10.0 Å². The molecule has 0 unspecified atom stereocenters. The number of anilines is 1. The molecule has 3 rings (SSSR count). The monoisotopic (exact) mass is 273 g/mol. The van der Waals surface area contributed by atoms with E-state index in [1.807, 2.05) is 30.3 Å². The Morgan fingerprint density at radius 2 is 1.79 bits per heavy atom. The van der Waals surface area contributed by atoms with Gasteiger partial charge in [0.05, 0.1) is 6.20 Å². The number of sulfonamides is 1. The van der Waals surface area contributed by atoms with E-state index in [0.29, 0.717) is 5.69 Å². The van der Waals surface area contributed by atoms with Crippen molar-refractivity contribution in [3.63, 3.8) is 0 Å². The largest absolute Gasteiger partial charge is 0.278 e. The van der Waals surface area contributed by atoms with Gasteiger partial charge in [-0.05, 0) is 29.0 Å². The van der Waals surface area contributed by atoms with Crippen LogP contribution in [0.1, 0.15) is 0 Å². The van der Waals surface area contributed by atoms with Gasteiger partial charge in [-0.15, -0.1) is 0 Å². The molecule has 5 nitrogen and oxygen atoms in total. The lowest BCUT2D eigenvalue weighted by Gasteiger charge is -2.07. The summed E-state index contributed by atoms with van der Waals surface area (Å²) < 4.78 is 26.5. The van der Waals surface area contributed by atoms with Gasteiger partial charge in [0.1, 0.15) is 0 Å². The molecule has 0 radical (unpaired) electrons. The molecule has 0 aliphatic rings. The van der Waals surface area contributed by atoms with Gasteiger partial charge in [-0.3, -0.25) is 9.82 Å². The average Bonchev–Trinajstić information content (AvgIpc) is 2.93. The molecule has 2 N–H and O–H groups in total. The Morgan fingerprint density at radius 1 is 1.00 bits per heavy atom. The molecule has 0 saturated heterocycles. The number of rotatable bonds is 3. The first kappa shape index (κ1) is 11.7. The second-order valence-corrected chi connectivity index (χ2v) is 5.74. The van der Waals surface area contributed by atoms with Crippen molar-refractivity contribution in [2.45, 2.75) is 5.03 Å². The van der Waals surface area contributed by atoms with Crippen LogP contribution in [0.15, 0.2) is 59.8 Å². The Balaban J connectivity index is 1.98. The van der Waals surface area contributed by atoms with Crippen LogP contribution in [0.3, 0.4) is 0 Å². The minimum absolute atomic E-state index is 0.0423. The van der Waals surface area contributed by atoms with Crippen molar-refractivity contribution in [1.82, 2.24) is 10.2 Å². The number of benzene rings is 2. The first-order valence-corrected chi connectivity index (χ1v) is 7.14. The zero-order valence-electron chi connectivity index (χ0n) is 9.87. The Morgan fingerprint density at radius 3 is 2.53 bits per heavy atom. The Kier molecular flexibility index (Phi) is 2.72. The van der Waals surface area contributed by atoms with Crippen LogP contribution >= 0.6 is 0 Å². The number of aromatic amines is 1. The van der Waals surface area contributed by atoms with Crippen LogP contribution in [0.5, 0.6) is 0 Å². The number of hydrogen-bond acceptors (Lipinski definition) is 3. The molecule has 2 aromatic carbocycles. The number of aromatic nitrogens is 2. The first-order chi connectivity index (χ1) is 9.15. The summed E-state index contributed by atoms with van der Waals surface area (Å²) in [5.74, 6) is 0. The van der Waals surface area contributed by atoms with Crippen molar-refractivity contribution in [2.75, 3.05) is 4.72 Å². The summed E-state index contributed by atoms with van der Waals surface area (Å²) >= 11 is 0. The van der Waals surface area contributed by atoms with E-state index in [0.717, 1.165) is 10.8 Å². The van der Waals surface area contributed by atoms with Gasteiger partial charge in [-0.2, -0.15) is 13.5 Å². The topological polar surface area (TPSA) is 74.8 Å². The molecule has 0 aliphatic heterocycles. The minimum atomic E-state index is -3.61. The summed E-state index contributed by atoms with van der Waals surface area (Å²) in [6, 6.07) is 14.6. The van der Waals surface area contributed by atoms with Crippen LogP contribution in [0.25, 0.3) is 10.8 Å². The third-order valence-corrected chi connectivity index (χ3v) is 4.08. The summed E-state index contributed by atoms with van der Waals surface area (Å²) in [5.41, 5.74) is 0.522. The SMILES string of the molecule is O=S(=O)(Nc1ccc2ccccc2c1)c1ccn[nH]1. The maximum absolute atomic E-state index is 12.0. The predicted molar refractivity (Wildman–Crippen MR) is 73.3 cm³/mol. The van der Waals surface area contributed by atoms with Crippen molar-refractivity contribution >= 4 is 26.5 Å². The molecule has 0 amide bonds. The highest BCUT2D eigenvalue weighted by Crippen LogP contribution is 2.20. The molecule has 0 saturated carbocycles. The fourth-order valence-corrected chi connectivity index (χ4v) is 2.82. The zero-order chi connectivity index (χ0) is 13.3. The molecular weight excluding hydrogens is 262 g/mol. The van der Waals surface area contributed by atoms with Gasteiger partial charge in [0.25, 0.3) is 10.0 Å². The number of fused-ring (bicyclic) bond motifs is 1. The summed E-state index contributed by atoms with van der Waals surface area (Å²) in [5, 5.41) is 8.15. The normalized spacial score (nSPS) is 11.6. The minimum Gasteiger partial charge on any atom is -0.278 e. The van der Waals surface area contributed by atoms with Crippen LogP contribution in [-0.2, 0) is 10.0 Å². The van der Waals surface area contributed by atoms with Crippen LogP contribution < -0.4 is 4.72 Å².